The zero-order valence-electron chi connectivity index (χ0n) is 11.1. The van der Waals surface area contributed by atoms with Crippen LogP contribution in [0.1, 0.15) is 5.69 Å². The number of hydrogen-bond donors (Lipinski definition) is 2. The van der Waals surface area contributed by atoms with Gasteiger partial charge in [0.15, 0.2) is 10.9 Å². The summed E-state index contributed by atoms with van der Waals surface area (Å²) in [7, 11) is 0. The predicted molar refractivity (Wildman–Crippen MR) is 81.2 cm³/mol. The number of halogens is 4. The maximum Gasteiger partial charge on any atom is 0.433 e. The summed E-state index contributed by atoms with van der Waals surface area (Å²) >= 11 is 3.87. The quantitative estimate of drug-likeness (QED) is 0.599. The number of amides is 1. The second kappa shape index (κ2) is 7.13. The minimum absolute atomic E-state index is 0.234. The molecule has 0 bridgehead atoms. The summed E-state index contributed by atoms with van der Waals surface area (Å²) < 4.78 is 38.4. The summed E-state index contributed by atoms with van der Waals surface area (Å²) in [5.41, 5.74) is -2.25. The minimum Gasteiger partial charge on any atom is -0.310 e. The number of alkyl halides is 3. The van der Waals surface area contributed by atoms with Crippen LogP contribution in [0.25, 0.3) is 0 Å². The SMILES string of the molecule is O=C(CSc1nc(C(F)(F)F)cc(=O)[nH]1)Nc1ccc(Br)cn1. The number of carbonyl (C=O) groups excluding carboxylic acids is 1. The van der Waals surface area contributed by atoms with Crippen molar-refractivity contribution < 1.29 is 18.0 Å². The molecule has 1 amide bonds. The first-order valence-electron chi connectivity index (χ1n) is 5.97. The van der Waals surface area contributed by atoms with E-state index in [0.29, 0.717) is 23.6 Å². The van der Waals surface area contributed by atoms with Crippen LogP contribution in [0.5, 0.6) is 0 Å². The van der Waals surface area contributed by atoms with E-state index in [1.54, 1.807) is 12.1 Å². The van der Waals surface area contributed by atoms with Crippen LogP contribution in [0, 0.1) is 0 Å². The molecule has 2 rings (SSSR count). The van der Waals surface area contributed by atoms with Gasteiger partial charge >= 0.3 is 6.18 Å². The summed E-state index contributed by atoms with van der Waals surface area (Å²) in [6, 6.07) is 3.58. The van der Waals surface area contributed by atoms with Crippen LogP contribution in [-0.2, 0) is 11.0 Å². The van der Waals surface area contributed by atoms with Gasteiger partial charge in [-0.2, -0.15) is 13.2 Å². The molecule has 0 aliphatic carbocycles. The fraction of sp³-hybridized carbons (Fsp3) is 0.167. The van der Waals surface area contributed by atoms with Crippen molar-refractivity contribution in [1.82, 2.24) is 15.0 Å². The van der Waals surface area contributed by atoms with Crippen LogP contribution in [0.15, 0.2) is 38.8 Å². The van der Waals surface area contributed by atoms with Gasteiger partial charge in [0, 0.05) is 16.7 Å². The third-order valence-corrected chi connectivity index (χ3v) is 3.69. The number of aromatic amines is 1. The predicted octanol–water partition coefficient (Wildman–Crippen LogP) is 2.68. The van der Waals surface area contributed by atoms with Crippen molar-refractivity contribution >= 4 is 39.4 Å². The Balaban J connectivity index is 2.00. The van der Waals surface area contributed by atoms with Crippen molar-refractivity contribution in [2.45, 2.75) is 11.3 Å². The van der Waals surface area contributed by atoms with Gasteiger partial charge in [-0.05, 0) is 28.1 Å². The largest absolute Gasteiger partial charge is 0.433 e. The molecular formula is C12H8BrF3N4O2S. The van der Waals surface area contributed by atoms with E-state index in [-0.39, 0.29) is 10.9 Å². The Morgan fingerprint density at radius 3 is 2.74 bits per heavy atom. The number of rotatable bonds is 4. The van der Waals surface area contributed by atoms with E-state index in [0.717, 1.165) is 4.47 Å². The molecule has 0 radical (unpaired) electrons. The molecule has 0 saturated carbocycles. The highest BCUT2D eigenvalue weighted by Gasteiger charge is 2.33. The minimum atomic E-state index is -4.73. The van der Waals surface area contributed by atoms with E-state index >= 15 is 0 Å². The molecule has 0 aliphatic rings. The van der Waals surface area contributed by atoms with Crippen molar-refractivity contribution in [1.29, 1.82) is 0 Å². The molecule has 2 aromatic heterocycles. The van der Waals surface area contributed by atoms with Crippen molar-refractivity contribution in [3.63, 3.8) is 0 Å². The molecule has 6 nitrogen and oxygen atoms in total. The third-order valence-electron chi connectivity index (χ3n) is 2.35. The first-order valence-corrected chi connectivity index (χ1v) is 7.74. The molecule has 0 atom stereocenters. The number of H-pyrrole nitrogens is 1. The molecule has 2 aromatic rings. The lowest BCUT2D eigenvalue weighted by molar-refractivity contribution is -0.141. The average Bonchev–Trinajstić information content (AvgIpc) is 2.46. The zero-order valence-corrected chi connectivity index (χ0v) is 13.6. The van der Waals surface area contributed by atoms with E-state index < -0.39 is 23.3 Å². The highest BCUT2D eigenvalue weighted by Crippen LogP contribution is 2.27. The zero-order chi connectivity index (χ0) is 17.0. The van der Waals surface area contributed by atoms with Crippen LogP contribution in [0.2, 0.25) is 0 Å². The third kappa shape index (κ3) is 5.36. The molecule has 2 N–H and O–H groups in total. The molecular weight excluding hydrogens is 401 g/mol. The molecule has 0 aromatic carbocycles. The van der Waals surface area contributed by atoms with E-state index in [4.69, 9.17) is 0 Å². The summed E-state index contributed by atoms with van der Waals surface area (Å²) in [5.74, 6) is -0.434. The number of nitrogens with zero attached hydrogens (tertiary/aromatic N) is 2. The standard InChI is InChI=1S/C12H8BrF3N4O2S/c13-6-1-2-8(17-4-6)19-10(22)5-23-11-18-7(12(14,15)16)3-9(21)20-11/h1-4H,5H2,(H,17,19,22)(H,18,20,21). The topological polar surface area (TPSA) is 87.7 Å². The average molecular weight is 409 g/mol. The first-order chi connectivity index (χ1) is 10.7. The van der Waals surface area contributed by atoms with E-state index in [9.17, 15) is 22.8 Å². The van der Waals surface area contributed by atoms with E-state index in [2.05, 4.69) is 36.2 Å². The van der Waals surface area contributed by atoms with Crippen molar-refractivity contribution in [3.05, 3.63) is 44.9 Å². The van der Waals surface area contributed by atoms with Gasteiger partial charge in [-0.25, -0.2) is 9.97 Å². The molecule has 0 spiro atoms. The molecule has 0 fully saturated rings. The smallest absolute Gasteiger partial charge is 0.310 e. The van der Waals surface area contributed by atoms with Crippen LogP contribution >= 0.6 is 27.7 Å². The second-order valence-electron chi connectivity index (χ2n) is 4.13. The van der Waals surface area contributed by atoms with E-state index in [1.165, 1.54) is 6.20 Å². The fourth-order valence-electron chi connectivity index (χ4n) is 1.41. The Hall–Kier alpha value is -1.88. The number of anilines is 1. The van der Waals surface area contributed by atoms with Crippen molar-refractivity contribution in [3.8, 4) is 0 Å². The van der Waals surface area contributed by atoms with Gasteiger partial charge in [0.2, 0.25) is 5.91 Å². The first kappa shape index (κ1) is 17.5. The summed E-state index contributed by atoms with van der Waals surface area (Å²) in [4.78, 5) is 32.3. The normalized spacial score (nSPS) is 11.3. The molecule has 0 unspecified atom stereocenters. The number of carbonyl (C=O) groups is 1. The number of hydrogen-bond acceptors (Lipinski definition) is 5. The lowest BCUT2D eigenvalue weighted by atomic mass is 10.4. The number of thioether (sulfide) groups is 1. The van der Waals surface area contributed by atoms with Gasteiger partial charge in [0.05, 0.1) is 5.75 Å². The highest BCUT2D eigenvalue weighted by molar-refractivity contribution is 9.10. The number of nitrogens with one attached hydrogen (secondary N) is 2. The fourth-order valence-corrected chi connectivity index (χ4v) is 2.32. The molecule has 2 heterocycles. The summed E-state index contributed by atoms with van der Waals surface area (Å²) in [6.07, 6.45) is -3.25. The molecule has 0 aliphatic heterocycles. The molecule has 11 heteroatoms. The van der Waals surface area contributed by atoms with Crippen molar-refractivity contribution in [2.75, 3.05) is 11.1 Å². The van der Waals surface area contributed by atoms with Gasteiger partial charge < -0.3 is 10.3 Å². The van der Waals surface area contributed by atoms with Gasteiger partial charge in [0.1, 0.15) is 5.82 Å². The summed E-state index contributed by atoms with van der Waals surface area (Å²) in [5, 5.41) is 2.18. The van der Waals surface area contributed by atoms with Crippen LogP contribution in [-0.4, -0.2) is 26.6 Å². The Morgan fingerprint density at radius 2 is 2.13 bits per heavy atom. The molecule has 0 saturated heterocycles. The van der Waals surface area contributed by atoms with Gasteiger partial charge in [-0.3, -0.25) is 9.59 Å². The molecule has 23 heavy (non-hydrogen) atoms. The van der Waals surface area contributed by atoms with Gasteiger partial charge in [-0.1, -0.05) is 11.8 Å². The maximum atomic E-state index is 12.6. The van der Waals surface area contributed by atoms with Crippen molar-refractivity contribution in [2.24, 2.45) is 0 Å². The monoisotopic (exact) mass is 408 g/mol. The Labute approximate surface area is 140 Å². The second-order valence-corrected chi connectivity index (χ2v) is 6.01. The maximum absolute atomic E-state index is 12.6. The Bertz CT molecular complexity index is 764. The van der Waals surface area contributed by atoms with Crippen LogP contribution < -0.4 is 10.9 Å². The lowest BCUT2D eigenvalue weighted by Crippen LogP contribution is -2.18. The molecule has 122 valence electrons. The van der Waals surface area contributed by atoms with Crippen LogP contribution in [0.3, 0.4) is 0 Å². The Morgan fingerprint density at radius 1 is 1.39 bits per heavy atom. The summed E-state index contributed by atoms with van der Waals surface area (Å²) in [6.45, 7) is 0. The van der Waals surface area contributed by atoms with Crippen LogP contribution in [0.4, 0.5) is 19.0 Å². The number of pyridine rings is 1. The van der Waals surface area contributed by atoms with Gasteiger partial charge in [-0.15, -0.1) is 0 Å². The Kier molecular flexibility index (Phi) is 5.42. The van der Waals surface area contributed by atoms with E-state index in [1.807, 2.05) is 0 Å². The van der Waals surface area contributed by atoms with Gasteiger partial charge in [0.25, 0.3) is 5.56 Å². The highest BCUT2D eigenvalue weighted by atomic mass is 79.9. The number of aromatic nitrogens is 3. The lowest BCUT2D eigenvalue weighted by Gasteiger charge is -2.07.